The van der Waals surface area contributed by atoms with Crippen LogP contribution in [0.3, 0.4) is 0 Å². The van der Waals surface area contributed by atoms with Gasteiger partial charge in [0.15, 0.2) is 6.10 Å². The Morgan fingerprint density at radius 1 is 1.22 bits per heavy atom. The zero-order chi connectivity index (χ0) is 23.1. The van der Waals surface area contributed by atoms with Crippen molar-refractivity contribution in [2.75, 3.05) is 6.61 Å². The molecule has 0 N–H and O–H groups in total. The van der Waals surface area contributed by atoms with E-state index < -0.39 is 12.1 Å². The van der Waals surface area contributed by atoms with Crippen LogP contribution in [-0.4, -0.2) is 34.6 Å². The van der Waals surface area contributed by atoms with E-state index in [2.05, 4.69) is 32.9 Å². The molecule has 0 fully saturated rings. The number of nitrogens with zero attached hydrogens (tertiary/aromatic N) is 3. The number of aromatic nitrogens is 2. The monoisotopic (exact) mass is 499 g/mol. The molecule has 0 amide bonds. The number of rotatable bonds is 9. The summed E-state index contributed by atoms with van der Waals surface area (Å²) in [4.78, 5) is 29.5. The van der Waals surface area contributed by atoms with Crippen LogP contribution in [0.4, 0.5) is 0 Å². The summed E-state index contributed by atoms with van der Waals surface area (Å²) < 4.78 is 12.7. The van der Waals surface area contributed by atoms with Gasteiger partial charge in [-0.2, -0.15) is 9.78 Å². The number of benzene rings is 2. The van der Waals surface area contributed by atoms with Gasteiger partial charge in [-0.05, 0) is 68.3 Å². The molecular weight excluding hydrogens is 474 g/mol. The maximum atomic E-state index is 13.1. The van der Waals surface area contributed by atoms with Gasteiger partial charge in [0, 0.05) is 10.9 Å². The third kappa shape index (κ3) is 5.82. The van der Waals surface area contributed by atoms with Gasteiger partial charge < -0.3 is 9.47 Å². The number of aryl methyl sites for hydroxylation is 1. The lowest BCUT2D eigenvalue weighted by atomic mass is 10.2. The van der Waals surface area contributed by atoms with Gasteiger partial charge in [0.2, 0.25) is 0 Å². The number of carbonyl (C=O) groups is 1. The van der Waals surface area contributed by atoms with E-state index in [-0.39, 0.29) is 5.56 Å². The zero-order valence-electron chi connectivity index (χ0n) is 18.4. The summed E-state index contributed by atoms with van der Waals surface area (Å²) >= 11 is 3.41. The molecule has 0 radical (unpaired) electrons. The summed E-state index contributed by atoms with van der Waals surface area (Å²) in [7, 11) is 0. The molecule has 0 bridgehead atoms. The number of ether oxygens (including phenoxy) is 2. The highest BCUT2D eigenvalue weighted by atomic mass is 79.9. The maximum absolute atomic E-state index is 13.1. The van der Waals surface area contributed by atoms with Crippen molar-refractivity contribution in [3.8, 4) is 5.75 Å². The second-order valence-corrected chi connectivity index (χ2v) is 8.15. The molecule has 32 heavy (non-hydrogen) atoms. The van der Waals surface area contributed by atoms with Crippen molar-refractivity contribution in [1.82, 2.24) is 9.66 Å². The molecule has 1 atom stereocenters. The Balaban J connectivity index is 1.86. The van der Waals surface area contributed by atoms with E-state index in [4.69, 9.17) is 9.47 Å². The molecule has 3 aromatic rings. The number of unbranched alkanes of at least 4 members (excludes halogenated alkanes) is 1. The summed E-state index contributed by atoms with van der Waals surface area (Å²) in [5, 5.41) is 4.95. The average Bonchev–Trinajstić information content (AvgIpc) is 2.78. The first kappa shape index (κ1) is 23.7. The molecule has 0 aliphatic carbocycles. The molecule has 1 heterocycles. The van der Waals surface area contributed by atoms with Gasteiger partial charge in [-0.3, -0.25) is 4.79 Å². The molecule has 0 unspecified atom stereocenters. The lowest BCUT2D eigenvalue weighted by Gasteiger charge is -2.13. The van der Waals surface area contributed by atoms with Crippen LogP contribution in [0, 0.1) is 0 Å². The normalized spacial score (nSPS) is 12.2. The van der Waals surface area contributed by atoms with Gasteiger partial charge in [-0.25, -0.2) is 9.78 Å². The fraction of sp³-hybridized carbons (Fsp3) is 0.333. The van der Waals surface area contributed by atoms with Gasteiger partial charge >= 0.3 is 5.97 Å². The van der Waals surface area contributed by atoms with E-state index in [1.165, 1.54) is 4.68 Å². The van der Waals surface area contributed by atoms with Crippen molar-refractivity contribution in [3.63, 3.8) is 0 Å². The predicted octanol–water partition coefficient (Wildman–Crippen LogP) is 4.71. The molecule has 0 spiro atoms. The van der Waals surface area contributed by atoms with E-state index in [1.807, 2.05) is 12.1 Å². The maximum Gasteiger partial charge on any atom is 0.347 e. The molecule has 3 rings (SSSR count). The quantitative estimate of drug-likeness (QED) is 0.314. The van der Waals surface area contributed by atoms with Crippen LogP contribution >= 0.6 is 15.9 Å². The Labute approximate surface area is 195 Å². The molecule has 0 aliphatic rings. The minimum Gasteiger partial charge on any atom is -0.479 e. The Morgan fingerprint density at radius 3 is 2.66 bits per heavy atom. The van der Waals surface area contributed by atoms with Crippen molar-refractivity contribution >= 4 is 39.0 Å². The average molecular weight is 500 g/mol. The van der Waals surface area contributed by atoms with E-state index >= 15 is 0 Å². The van der Waals surface area contributed by atoms with Gasteiger partial charge in [-0.1, -0.05) is 29.3 Å². The van der Waals surface area contributed by atoms with E-state index in [9.17, 15) is 9.59 Å². The Hall–Kier alpha value is -3.00. The largest absolute Gasteiger partial charge is 0.479 e. The Morgan fingerprint density at radius 2 is 1.97 bits per heavy atom. The van der Waals surface area contributed by atoms with Crippen LogP contribution in [0.5, 0.6) is 5.75 Å². The van der Waals surface area contributed by atoms with Crippen molar-refractivity contribution in [2.45, 2.75) is 46.1 Å². The van der Waals surface area contributed by atoms with Crippen LogP contribution in [0.15, 0.2) is 56.8 Å². The Bertz CT molecular complexity index is 1170. The first-order valence-electron chi connectivity index (χ1n) is 10.6. The molecule has 0 aliphatic heterocycles. The highest BCUT2D eigenvalue weighted by Gasteiger charge is 2.15. The minimum atomic E-state index is -0.697. The smallest absolute Gasteiger partial charge is 0.347 e. The molecule has 2 aromatic carbocycles. The SMILES string of the molecule is CCCCc1nc2ccc(Br)cc2c(=O)n1N=Cc1ccc(O[C@H](C)C(=O)OCC)cc1. The van der Waals surface area contributed by atoms with Crippen LogP contribution in [0.25, 0.3) is 10.9 Å². The highest BCUT2D eigenvalue weighted by molar-refractivity contribution is 9.10. The van der Waals surface area contributed by atoms with Crippen molar-refractivity contribution < 1.29 is 14.3 Å². The lowest BCUT2D eigenvalue weighted by Crippen LogP contribution is -2.26. The molecule has 168 valence electrons. The minimum absolute atomic E-state index is 0.207. The van der Waals surface area contributed by atoms with Crippen molar-refractivity contribution in [1.29, 1.82) is 0 Å². The summed E-state index contributed by atoms with van der Waals surface area (Å²) in [6.07, 6.45) is 3.48. The topological polar surface area (TPSA) is 82.8 Å². The van der Waals surface area contributed by atoms with Crippen LogP contribution in [0.2, 0.25) is 0 Å². The molecule has 8 heteroatoms. The van der Waals surface area contributed by atoms with Crippen molar-refractivity contribution in [3.05, 3.63) is 68.7 Å². The summed E-state index contributed by atoms with van der Waals surface area (Å²) in [5.41, 5.74) is 1.23. The Kier molecular flexibility index (Phi) is 8.16. The zero-order valence-corrected chi connectivity index (χ0v) is 20.0. The molecule has 1 aromatic heterocycles. The third-order valence-corrected chi connectivity index (χ3v) is 5.26. The number of carbonyl (C=O) groups excluding carboxylic acids is 1. The third-order valence-electron chi connectivity index (χ3n) is 4.76. The van der Waals surface area contributed by atoms with Crippen LogP contribution in [0.1, 0.15) is 45.0 Å². The van der Waals surface area contributed by atoms with Gasteiger partial charge in [0.25, 0.3) is 5.56 Å². The second-order valence-electron chi connectivity index (χ2n) is 7.24. The lowest BCUT2D eigenvalue weighted by molar-refractivity contribution is -0.150. The van der Waals surface area contributed by atoms with Gasteiger partial charge in [0.05, 0.1) is 23.7 Å². The van der Waals surface area contributed by atoms with Crippen LogP contribution in [-0.2, 0) is 16.0 Å². The molecular formula is C24H26BrN3O4. The fourth-order valence-electron chi connectivity index (χ4n) is 3.08. The standard InChI is InChI=1S/C24H26BrN3O4/c1-4-6-7-22-27-21-13-10-18(25)14-20(21)23(29)28(22)26-15-17-8-11-19(12-9-17)32-16(3)24(30)31-5-2/h8-16H,4-7H2,1-3H3/t16-/m1/s1. The molecule has 7 nitrogen and oxygen atoms in total. The van der Waals surface area contributed by atoms with Crippen LogP contribution < -0.4 is 10.3 Å². The van der Waals surface area contributed by atoms with Crippen molar-refractivity contribution in [2.24, 2.45) is 5.10 Å². The summed E-state index contributed by atoms with van der Waals surface area (Å²) in [6.45, 7) is 5.79. The number of esters is 1. The summed E-state index contributed by atoms with van der Waals surface area (Å²) in [5.74, 6) is 0.763. The first-order chi connectivity index (χ1) is 15.4. The number of fused-ring (bicyclic) bond motifs is 1. The molecule has 0 saturated carbocycles. The number of halogens is 1. The number of hydrogen-bond acceptors (Lipinski definition) is 6. The summed E-state index contributed by atoms with van der Waals surface area (Å²) in [6, 6.07) is 12.6. The predicted molar refractivity (Wildman–Crippen MR) is 128 cm³/mol. The van der Waals surface area contributed by atoms with Gasteiger partial charge in [-0.15, -0.1) is 0 Å². The fourth-order valence-corrected chi connectivity index (χ4v) is 3.44. The first-order valence-corrected chi connectivity index (χ1v) is 11.4. The van der Waals surface area contributed by atoms with Gasteiger partial charge in [0.1, 0.15) is 11.6 Å². The number of hydrogen-bond donors (Lipinski definition) is 0. The second kappa shape index (κ2) is 11.0. The van der Waals surface area contributed by atoms with E-state index in [0.717, 1.165) is 22.9 Å². The highest BCUT2D eigenvalue weighted by Crippen LogP contribution is 2.17. The van der Waals surface area contributed by atoms with E-state index in [1.54, 1.807) is 50.4 Å². The molecule has 0 saturated heterocycles. The van der Waals surface area contributed by atoms with E-state index in [0.29, 0.717) is 35.5 Å².